The highest BCUT2D eigenvalue weighted by atomic mass is 14.9. The predicted octanol–water partition coefficient (Wildman–Crippen LogP) is 2.58. The first-order chi connectivity index (χ1) is 7.09. The molecule has 3 N–H and O–H groups in total. The van der Waals surface area contributed by atoms with Crippen molar-refractivity contribution in [2.24, 2.45) is 0 Å². The highest BCUT2D eigenvalue weighted by Crippen LogP contribution is 2.25. The Kier molecular flexibility index (Phi) is 2.23. The minimum absolute atomic E-state index is 0.805. The van der Waals surface area contributed by atoms with Crippen molar-refractivity contribution in [1.29, 1.82) is 0 Å². The standard InChI is InChI=1S/C12H15N3/c1-7-10(5-4-6-11(7)13)12-14-8(2)9(3)15-12/h4-6H,13H2,1-3H3,(H,14,15). The van der Waals surface area contributed by atoms with Crippen molar-refractivity contribution >= 4 is 5.69 Å². The summed E-state index contributed by atoms with van der Waals surface area (Å²) in [6, 6.07) is 5.88. The van der Waals surface area contributed by atoms with Gasteiger partial charge in [-0.05, 0) is 32.4 Å². The summed E-state index contributed by atoms with van der Waals surface area (Å²) in [4.78, 5) is 7.73. The number of nitrogens with zero attached hydrogens (tertiary/aromatic N) is 1. The van der Waals surface area contributed by atoms with E-state index in [1.165, 1.54) is 0 Å². The molecule has 0 radical (unpaired) electrons. The number of aryl methyl sites for hydroxylation is 2. The Labute approximate surface area is 89.4 Å². The Hall–Kier alpha value is -1.77. The normalized spacial score (nSPS) is 10.6. The number of nitrogen functional groups attached to an aromatic ring is 1. The summed E-state index contributed by atoms with van der Waals surface area (Å²) in [5.41, 5.74) is 11.0. The molecule has 15 heavy (non-hydrogen) atoms. The first-order valence-electron chi connectivity index (χ1n) is 4.98. The van der Waals surface area contributed by atoms with Crippen LogP contribution in [0.25, 0.3) is 11.4 Å². The minimum Gasteiger partial charge on any atom is -0.398 e. The van der Waals surface area contributed by atoms with Crippen LogP contribution in [0.15, 0.2) is 18.2 Å². The summed E-state index contributed by atoms with van der Waals surface area (Å²) in [5, 5.41) is 0. The molecule has 1 heterocycles. The van der Waals surface area contributed by atoms with Crippen LogP contribution < -0.4 is 5.73 Å². The highest BCUT2D eigenvalue weighted by Gasteiger charge is 2.08. The molecule has 0 fully saturated rings. The molecule has 2 rings (SSSR count). The van der Waals surface area contributed by atoms with Gasteiger partial charge in [-0.3, -0.25) is 0 Å². The second-order valence-corrected chi connectivity index (χ2v) is 3.82. The summed E-state index contributed by atoms with van der Waals surface area (Å²) in [6.07, 6.45) is 0. The molecule has 3 heteroatoms. The second-order valence-electron chi connectivity index (χ2n) is 3.82. The molecule has 0 aliphatic carbocycles. The lowest BCUT2D eigenvalue weighted by Crippen LogP contribution is -1.92. The van der Waals surface area contributed by atoms with Gasteiger partial charge in [-0.15, -0.1) is 0 Å². The summed E-state index contributed by atoms with van der Waals surface area (Å²) in [5.74, 6) is 0.898. The van der Waals surface area contributed by atoms with Gasteiger partial charge < -0.3 is 10.7 Å². The third-order valence-electron chi connectivity index (χ3n) is 2.76. The van der Waals surface area contributed by atoms with Crippen molar-refractivity contribution in [3.63, 3.8) is 0 Å². The molecule has 0 bridgehead atoms. The van der Waals surface area contributed by atoms with E-state index in [0.717, 1.165) is 34.0 Å². The van der Waals surface area contributed by atoms with Crippen LogP contribution in [0.4, 0.5) is 5.69 Å². The van der Waals surface area contributed by atoms with Crippen LogP contribution in [-0.4, -0.2) is 9.97 Å². The number of nitrogens with two attached hydrogens (primary N) is 1. The topological polar surface area (TPSA) is 54.7 Å². The van der Waals surface area contributed by atoms with Gasteiger partial charge in [0.2, 0.25) is 0 Å². The van der Waals surface area contributed by atoms with Gasteiger partial charge in [0, 0.05) is 16.9 Å². The van der Waals surface area contributed by atoms with Gasteiger partial charge in [0.15, 0.2) is 0 Å². The van der Waals surface area contributed by atoms with E-state index in [-0.39, 0.29) is 0 Å². The van der Waals surface area contributed by atoms with E-state index in [0.29, 0.717) is 0 Å². The average molecular weight is 201 g/mol. The zero-order valence-corrected chi connectivity index (χ0v) is 9.26. The molecule has 0 saturated carbocycles. The number of aromatic nitrogens is 2. The lowest BCUT2D eigenvalue weighted by atomic mass is 10.1. The number of hydrogen-bond donors (Lipinski definition) is 2. The fraction of sp³-hybridized carbons (Fsp3) is 0.250. The maximum atomic E-state index is 5.86. The molecular weight excluding hydrogens is 186 g/mol. The van der Waals surface area contributed by atoms with E-state index >= 15 is 0 Å². The van der Waals surface area contributed by atoms with Crippen molar-refractivity contribution in [1.82, 2.24) is 9.97 Å². The smallest absolute Gasteiger partial charge is 0.138 e. The Morgan fingerprint density at radius 2 is 1.93 bits per heavy atom. The van der Waals surface area contributed by atoms with Crippen LogP contribution in [0.3, 0.4) is 0 Å². The van der Waals surface area contributed by atoms with Crippen LogP contribution in [0, 0.1) is 20.8 Å². The number of benzene rings is 1. The van der Waals surface area contributed by atoms with Crippen LogP contribution in [0.2, 0.25) is 0 Å². The van der Waals surface area contributed by atoms with Crippen LogP contribution in [0.5, 0.6) is 0 Å². The molecule has 0 aliphatic rings. The summed E-state index contributed by atoms with van der Waals surface area (Å²) < 4.78 is 0. The zero-order chi connectivity index (χ0) is 11.0. The largest absolute Gasteiger partial charge is 0.398 e. The molecule has 1 aromatic carbocycles. The van der Waals surface area contributed by atoms with E-state index in [1.807, 2.05) is 39.0 Å². The molecule has 1 aromatic heterocycles. The first-order valence-corrected chi connectivity index (χ1v) is 4.98. The number of hydrogen-bond acceptors (Lipinski definition) is 2. The fourth-order valence-corrected chi connectivity index (χ4v) is 1.59. The Bertz CT molecular complexity index is 478. The van der Waals surface area contributed by atoms with Crippen LogP contribution >= 0.6 is 0 Å². The van der Waals surface area contributed by atoms with Crippen molar-refractivity contribution in [2.45, 2.75) is 20.8 Å². The fourth-order valence-electron chi connectivity index (χ4n) is 1.59. The van der Waals surface area contributed by atoms with E-state index in [4.69, 9.17) is 5.73 Å². The molecule has 0 saturated heterocycles. The summed E-state index contributed by atoms with van der Waals surface area (Å²) in [6.45, 7) is 6.03. The molecule has 2 aromatic rings. The van der Waals surface area contributed by atoms with Gasteiger partial charge in [-0.2, -0.15) is 0 Å². The molecule has 0 atom stereocenters. The molecular formula is C12H15N3. The van der Waals surface area contributed by atoms with Crippen molar-refractivity contribution in [3.05, 3.63) is 35.2 Å². The number of imidazole rings is 1. The SMILES string of the molecule is Cc1nc(-c2cccc(N)c2C)[nH]c1C. The van der Waals surface area contributed by atoms with Crippen molar-refractivity contribution in [2.75, 3.05) is 5.73 Å². The Morgan fingerprint density at radius 1 is 1.20 bits per heavy atom. The van der Waals surface area contributed by atoms with E-state index in [1.54, 1.807) is 0 Å². The minimum atomic E-state index is 0.805. The van der Waals surface area contributed by atoms with Crippen molar-refractivity contribution < 1.29 is 0 Å². The Morgan fingerprint density at radius 3 is 2.53 bits per heavy atom. The Balaban J connectivity index is 2.59. The van der Waals surface area contributed by atoms with Gasteiger partial charge in [-0.25, -0.2) is 4.98 Å². The van der Waals surface area contributed by atoms with Gasteiger partial charge in [0.25, 0.3) is 0 Å². The van der Waals surface area contributed by atoms with Crippen LogP contribution in [-0.2, 0) is 0 Å². The monoisotopic (exact) mass is 201 g/mol. The lowest BCUT2D eigenvalue weighted by molar-refractivity contribution is 1.22. The van der Waals surface area contributed by atoms with E-state index in [9.17, 15) is 0 Å². The molecule has 0 unspecified atom stereocenters. The molecule has 3 nitrogen and oxygen atoms in total. The molecule has 0 aliphatic heterocycles. The summed E-state index contributed by atoms with van der Waals surface area (Å²) >= 11 is 0. The summed E-state index contributed by atoms with van der Waals surface area (Å²) in [7, 11) is 0. The van der Waals surface area contributed by atoms with Gasteiger partial charge in [0.05, 0.1) is 5.69 Å². The molecule has 0 spiro atoms. The van der Waals surface area contributed by atoms with E-state index in [2.05, 4.69) is 9.97 Å². The quantitative estimate of drug-likeness (QED) is 0.697. The van der Waals surface area contributed by atoms with Gasteiger partial charge in [-0.1, -0.05) is 12.1 Å². The zero-order valence-electron chi connectivity index (χ0n) is 9.26. The maximum Gasteiger partial charge on any atom is 0.138 e. The number of aromatic amines is 1. The van der Waals surface area contributed by atoms with Gasteiger partial charge in [0.1, 0.15) is 5.82 Å². The third-order valence-corrected chi connectivity index (χ3v) is 2.76. The second kappa shape index (κ2) is 3.42. The van der Waals surface area contributed by atoms with Crippen molar-refractivity contribution in [3.8, 4) is 11.4 Å². The lowest BCUT2D eigenvalue weighted by Gasteiger charge is -2.04. The third kappa shape index (κ3) is 1.61. The number of anilines is 1. The molecule has 78 valence electrons. The number of rotatable bonds is 1. The highest BCUT2D eigenvalue weighted by molar-refractivity contribution is 5.68. The van der Waals surface area contributed by atoms with E-state index < -0.39 is 0 Å². The first kappa shape index (κ1) is 9.77. The molecule has 0 amide bonds. The number of nitrogens with one attached hydrogen (secondary N) is 1. The van der Waals surface area contributed by atoms with Crippen LogP contribution in [0.1, 0.15) is 17.0 Å². The maximum absolute atomic E-state index is 5.86. The average Bonchev–Trinajstić information content (AvgIpc) is 2.51. The number of H-pyrrole nitrogens is 1. The predicted molar refractivity (Wildman–Crippen MR) is 62.6 cm³/mol. The van der Waals surface area contributed by atoms with Gasteiger partial charge >= 0.3 is 0 Å².